The van der Waals surface area contributed by atoms with Gasteiger partial charge in [0.05, 0.1) is 12.8 Å². The lowest BCUT2D eigenvalue weighted by Crippen LogP contribution is -2.03. The molecule has 0 saturated heterocycles. The molecule has 0 aliphatic carbocycles. The summed E-state index contributed by atoms with van der Waals surface area (Å²) in [6, 6.07) is 7.49. The number of ether oxygens (including phenoxy) is 2. The summed E-state index contributed by atoms with van der Waals surface area (Å²) in [5, 5.41) is 0. The summed E-state index contributed by atoms with van der Waals surface area (Å²) in [6.07, 6.45) is 0.982. The molecule has 0 radical (unpaired) electrons. The first-order valence-electron chi connectivity index (χ1n) is 5.81. The Kier molecular flexibility index (Phi) is 4.12. The number of rotatable bonds is 5. The van der Waals surface area contributed by atoms with Crippen LogP contribution in [0.5, 0.6) is 11.8 Å². The number of aromatic nitrogens is 2. The highest BCUT2D eigenvalue weighted by molar-refractivity contribution is 5.29. The zero-order chi connectivity index (χ0) is 13.7. The number of nitrogen functional groups attached to an aromatic ring is 1. The third-order valence-corrected chi connectivity index (χ3v) is 2.35. The lowest BCUT2D eigenvalue weighted by Gasteiger charge is -2.06. The Morgan fingerprint density at radius 3 is 2.58 bits per heavy atom. The van der Waals surface area contributed by atoms with E-state index in [1.165, 1.54) is 0 Å². The maximum Gasteiger partial charge on any atom is 0.318 e. The molecule has 6 heteroatoms. The van der Waals surface area contributed by atoms with Gasteiger partial charge >= 0.3 is 6.01 Å². The zero-order valence-corrected chi connectivity index (χ0v) is 10.5. The molecule has 1 heterocycles. The van der Waals surface area contributed by atoms with E-state index in [4.69, 9.17) is 15.2 Å². The standard InChI is InChI=1S/C13H14FN3O2/c1-2-18-10-5-3-9(4-6-10)8-19-13-16-7-11(14)12(15)17-13/h3-7H,2,8H2,1H3,(H2,15,16,17). The predicted molar refractivity (Wildman–Crippen MR) is 68.3 cm³/mol. The SMILES string of the molecule is CCOc1ccc(COc2ncc(F)c(N)n2)cc1. The van der Waals surface area contributed by atoms with Gasteiger partial charge < -0.3 is 15.2 Å². The van der Waals surface area contributed by atoms with E-state index in [9.17, 15) is 4.39 Å². The molecule has 1 aromatic carbocycles. The fourth-order valence-corrected chi connectivity index (χ4v) is 1.43. The van der Waals surface area contributed by atoms with Crippen molar-refractivity contribution in [3.63, 3.8) is 0 Å². The molecule has 0 bridgehead atoms. The Morgan fingerprint density at radius 2 is 1.95 bits per heavy atom. The van der Waals surface area contributed by atoms with Gasteiger partial charge in [-0.2, -0.15) is 4.98 Å². The molecule has 100 valence electrons. The molecule has 2 rings (SSSR count). The minimum Gasteiger partial charge on any atom is -0.494 e. The van der Waals surface area contributed by atoms with Crippen molar-refractivity contribution in [2.45, 2.75) is 13.5 Å². The van der Waals surface area contributed by atoms with E-state index in [1.54, 1.807) is 0 Å². The van der Waals surface area contributed by atoms with E-state index < -0.39 is 5.82 Å². The Bertz CT molecular complexity index is 546. The van der Waals surface area contributed by atoms with E-state index in [2.05, 4.69) is 9.97 Å². The number of nitrogens with zero attached hydrogens (tertiary/aromatic N) is 2. The van der Waals surface area contributed by atoms with Crippen molar-refractivity contribution in [2.75, 3.05) is 12.3 Å². The Labute approximate surface area is 110 Å². The maximum absolute atomic E-state index is 12.9. The highest BCUT2D eigenvalue weighted by atomic mass is 19.1. The van der Waals surface area contributed by atoms with Crippen LogP contribution in [0.4, 0.5) is 10.2 Å². The molecule has 2 N–H and O–H groups in total. The monoisotopic (exact) mass is 263 g/mol. The molecule has 0 spiro atoms. The van der Waals surface area contributed by atoms with Crippen LogP contribution >= 0.6 is 0 Å². The van der Waals surface area contributed by atoms with Gasteiger partial charge in [-0.15, -0.1) is 0 Å². The summed E-state index contributed by atoms with van der Waals surface area (Å²) in [5.41, 5.74) is 6.25. The summed E-state index contributed by atoms with van der Waals surface area (Å²) >= 11 is 0. The van der Waals surface area contributed by atoms with Crippen molar-refractivity contribution in [3.05, 3.63) is 41.8 Å². The number of hydrogen-bond donors (Lipinski definition) is 1. The molecular formula is C13H14FN3O2. The molecule has 0 aliphatic rings. The van der Waals surface area contributed by atoms with E-state index >= 15 is 0 Å². The first-order valence-corrected chi connectivity index (χ1v) is 5.81. The number of halogens is 1. The van der Waals surface area contributed by atoms with Crippen molar-refractivity contribution in [3.8, 4) is 11.8 Å². The quantitative estimate of drug-likeness (QED) is 0.895. The molecule has 1 aromatic heterocycles. The fourth-order valence-electron chi connectivity index (χ4n) is 1.43. The normalized spacial score (nSPS) is 10.2. The van der Waals surface area contributed by atoms with E-state index in [0.29, 0.717) is 6.61 Å². The van der Waals surface area contributed by atoms with Crippen molar-refractivity contribution in [1.82, 2.24) is 9.97 Å². The van der Waals surface area contributed by atoms with Gasteiger partial charge in [0.2, 0.25) is 0 Å². The molecule has 0 fully saturated rings. The molecule has 2 aromatic rings. The van der Waals surface area contributed by atoms with Crippen molar-refractivity contribution in [1.29, 1.82) is 0 Å². The summed E-state index contributed by atoms with van der Waals surface area (Å²) in [6.45, 7) is 2.82. The molecule has 5 nitrogen and oxygen atoms in total. The third kappa shape index (κ3) is 3.54. The van der Waals surface area contributed by atoms with Gasteiger partial charge in [0.1, 0.15) is 12.4 Å². The zero-order valence-electron chi connectivity index (χ0n) is 10.5. The lowest BCUT2D eigenvalue weighted by molar-refractivity contribution is 0.279. The van der Waals surface area contributed by atoms with E-state index in [-0.39, 0.29) is 18.4 Å². The largest absolute Gasteiger partial charge is 0.494 e. The first-order chi connectivity index (χ1) is 9.19. The summed E-state index contributed by atoms with van der Waals surface area (Å²) in [5.74, 6) is -0.0846. The van der Waals surface area contributed by atoms with Gasteiger partial charge in [-0.05, 0) is 24.6 Å². The van der Waals surface area contributed by atoms with Gasteiger partial charge in [0.15, 0.2) is 11.6 Å². The van der Waals surface area contributed by atoms with Crippen LogP contribution in [-0.2, 0) is 6.61 Å². The third-order valence-electron chi connectivity index (χ3n) is 2.35. The van der Waals surface area contributed by atoms with Gasteiger partial charge in [0, 0.05) is 0 Å². The second-order valence-electron chi connectivity index (χ2n) is 3.75. The van der Waals surface area contributed by atoms with Crippen LogP contribution in [-0.4, -0.2) is 16.6 Å². The molecule has 0 unspecified atom stereocenters. The van der Waals surface area contributed by atoms with Crippen molar-refractivity contribution in [2.24, 2.45) is 0 Å². The molecule has 0 amide bonds. The molecular weight excluding hydrogens is 249 g/mol. The topological polar surface area (TPSA) is 70.3 Å². The predicted octanol–water partition coefficient (Wildman–Crippen LogP) is 2.18. The van der Waals surface area contributed by atoms with Crippen LogP contribution in [0, 0.1) is 5.82 Å². The first kappa shape index (κ1) is 13.1. The summed E-state index contributed by atoms with van der Waals surface area (Å²) in [7, 11) is 0. The number of hydrogen-bond acceptors (Lipinski definition) is 5. The second kappa shape index (κ2) is 5.99. The van der Waals surface area contributed by atoms with Gasteiger partial charge in [-0.25, -0.2) is 9.37 Å². The molecule has 0 saturated carbocycles. The van der Waals surface area contributed by atoms with Crippen LogP contribution in [0.2, 0.25) is 0 Å². The van der Waals surface area contributed by atoms with Crippen LogP contribution in [0.1, 0.15) is 12.5 Å². The Morgan fingerprint density at radius 1 is 1.21 bits per heavy atom. The number of anilines is 1. The highest BCUT2D eigenvalue weighted by Crippen LogP contribution is 2.14. The molecule has 0 aliphatic heterocycles. The second-order valence-corrected chi connectivity index (χ2v) is 3.75. The van der Waals surface area contributed by atoms with E-state index in [0.717, 1.165) is 17.5 Å². The van der Waals surface area contributed by atoms with Crippen molar-refractivity contribution < 1.29 is 13.9 Å². The minimum atomic E-state index is -0.659. The van der Waals surface area contributed by atoms with Gasteiger partial charge in [-0.3, -0.25) is 0 Å². The summed E-state index contributed by atoms with van der Waals surface area (Å²) in [4.78, 5) is 7.37. The average molecular weight is 263 g/mol. The van der Waals surface area contributed by atoms with Crippen molar-refractivity contribution >= 4 is 5.82 Å². The number of nitrogens with two attached hydrogens (primary N) is 1. The maximum atomic E-state index is 12.9. The van der Waals surface area contributed by atoms with Crippen LogP contribution in [0.15, 0.2) is 30.5 Å². The average Bonchev–Trinajstić information content (AvgIpc) is 2.42. The van der Waals surface area contributed by atoms with Crippen LogP contribution in [0.25, 0.3) is 0 Å². The molecule has 19 heavy (non-hydrogen) atoms. The minimum absolute atomic E-state index is 0.0489. The summed E-state index contributed by atoms with van der Waals surface area (Å²) < 4.78 is 23.5. The highest BCUT2D eigenvalue weighted by Gasteiger charge is 2.04. The molecule has 0 atom stereocenters. The smallest absolute Gasteiger partial charge is 0.318 e. The van der Waals surface area contributed by atoms with Gasteiger partial charge in [-0.1, -0.05) is 12.1 Å². The lowest BCUT2D eigenvalue weighted by atomic mass is 10.2. The van der Waals surface area contributed by atoms with Gasteiger partial charge in [0.25, 0.3) is 0 Å². The van der Waals surface area contributed by atoms with Crippen LogP contribution in [0.3, 0.4) is 0 Å². The number of benzene rings is 1. The van der Waals surface area contributed by atoms with Crippen LogP contribution < -0.4 is 15.2 Å². The van der Waals surface area contributed by atoms with E-state index in [1.807, 2.05) is 31.2 Å². The Hall–Kier alpha value is -2.37. The fraction of sp³-hybridized carbons (Fsp3) is 0.231. The Balaban J connectivity index is 1.96.